The molecule has 1 heterocycles. The van der Waals surface area contributed by atoms with Crippen molar-refractivity contribution >= 4 is 34.2 Å². The highest BCUT2D eigenvalue weighted by molar-refractivity contribution is 6.30. The zero-order valence-corrected chi connectivity index (χ0v) is 19.2. The molecule has 0 fully saturated rings. The molecule has 0 saturated heterocycles. The van der Waals surface area contributed by atoms with Crippen LogP contribution >= 0.6 is 11.6 Å². The van der Waals surface area contributed by atoms with E-state index in [-0.39, 0.29) is 5.69 Å². The van der Waals surface area contributed by atoms with Crippen LogP contribution in [0.4, 0.5) is 5.69 Å². The van der Waals surface area contributed by atoms with Gasteiger partial charge in [0, 0.05) is 29.2 Å². The minimum atomic E-state index is -0.958. The summed E-state index contributed by atoms with van der Waals surface area (Å²) in [7, 11) is 0. The molecule has 0 aliphatic heterocycles. The van der Waals surface area contributed by atoms with Gasteiger partial charge in [-0.2, -0.15) is 0 Å². The number of nitrogens with zero attached hydrogens (tertiary/aromatic N) is 1. The summed E-state index contributed by atoms with van der Waals surface area (Å²) < 4.78 is 1.82. The minimum Gasteiger partial charge on any atom is -0.477 e. The third-order valence-corrected chi connectivity index (χ3v) is 6.17. The van der Waals surface area contributed by atoms with Crippen LogP contribution in [0.5, 0.6) is 0 Å². The molecule has 5 aromatic rings. The fourth-order valence-electron chi connectivity index (χ4n) is 4.25. The van der Waals surface area contributed by atoms with Gasteiger partial charge in [0.05, 0.1) is 5.52 Å². The quantitative estimate of drug-likeness (QED) is 0.264. The Morgan fingerprint density at radius 2 is 1.53 bits per heavy atom. The molecule has 0 unspecified atom stereocenters. The lowest BCUT2D eigenvalue weighted by Gasteiger charge is -2.11. The van der Waals surface area contributed by atoms with Crippen molar-refractivity contribution in [2.24, 2.45) is 0 Å². The van der Waals surface area contributed by atoms with Crippen molar-refractivity contribution in [1.82, 2.24) is 4.57 Å². The lowest BCUT2D eigenvalue weighted by atomic mass is 10.0. The third-order valence-electron chi connectivity index (χ3n) is 5.94. The molecule has 0 radical (unpaired) electrons. The summed E-state index contributed by atoms with van der Waals surface area (Å²) in [6, 6.07) is 33.9. The number of hydrogen-bond acceptors (Lipinski definition) is 2. The molecule has 0 atom stereocenters. The van der Waals surface area contributed by atoms with E-state index < -0.39 is 5.97 Å². The second kappa shape index (κ2) is 9.46. The zero-order chi connectivity index (χ0) is 23.5. The van der Waals surface area contributed by atoms with Crippen LogP contribution in [0.1, 0.15) is 21.6 Å². The first-order valence-electron chi connectivity index (χ1n) is 11.1. The summed E-state index contributed by atoms with van der Waals surface area (Å²) in [5, 5.41) is 14.8. The maximum Gasteiger partial charge on any atom is 0.352 e. The van der Waals surface area contributed by atoms with E-state index in [0.29, 0.717) is 18.1 Å². The van der Waals surface area contributed by atoms with E-state index in [1.165, 1.54) is 11.1 Å². The van der Waals surface area contributed by atoms with Gasteiger partial charge in [0.2, 0.25) is 0 Å². The average molecular weight is 467 g/mol. The van der Waals surface area contributed by atoms with Gasteiger partial charge >= 0.3 is 5.97 Å². The van der Waals surface area contributed by atoms with E-state index in [1.807, 2.05) is 65.2 Å². The predicted octanol–water partition coefficient (Wildman–Crippen LogP) is 7.32. The molecule has 0 spiro atoms. The van der Waals surface area contributed by atoms with Crippen LogP contribution in [-0.2, 0) is 13.1 Å². The smallest absolute Gasteiger partial charge is 0.352 e. The van der Waals surface area contributed by atoms with Gasteiger partial charge < -0.3 is 15.0 Å². The Morgan fingerprint density at radius 1 is 0.794 bits per heavy atom. The normalized spacial score (nSPS) is 11.0. The van der Waals surface area contributed by atoms with Crippen molar-refractivity contribution in [3.63, 3.8) is 0 Å². The second-order valence-corrected chi connectivity index (χ2v) is 8.64. The first-order chi connectivity index (χ1) is 16.6. The Labute approximate surface area is 203 Å². The van der Waals surface area contributed by atoms with Crippen molar-refractivity contribution in [3.05, 3.63) is 125 Å². The number of rotatable bonds is 7. The van der Waals surface area contributed by atoms with E-state index in [2.05, 4.69) is 41.7 Å². The number of benzene rings is 4. The molecule has 4 nitrogen and oxygen atoms in total. The molecule has 1 aromatic heterocycles. The molecule has 0 aliphatic carbocycles. The molecular formula is C29H23ClN2O2. The first-order valence-corrected chi connectivity index (χ1v) is 11.4. The Hall–Kier alpha value is -4.02. The number of carbonyl (C=O) groups is 1. The van der Waals surface area contributed by atoms with Crippen LogP contribution in [0.15, 0.2) is 103 Å². The topological polar surface area (TPSA) is 54.3 Å². The Kier molecular flexibility index (Phi) is 6.07. The van der Waals surface area contributed by atoms with Crippen LogP contribution in [0.2, 0.25) is 5.02 Å². The number of halogens is 1. The number of aromatic carboxylic acids is 1. The van der Waals surface area contributed by atoms with Crippen molar-refractivity contribution < 1.29 is 9.90 Å². The second-order valence-electron chi connectivity index (χ2n) is 8.21. The molecule has 168 valence electrons. The maximum absolute atomic E-state index is 12.0. The predicted molar refractivity (Wildman–Crippen MR) is 139 cm³/mol. The molecule has 0 saturated carbocycles. The summed E-state index contributed by atoms with van der Waals surface area (Å²) in [5.41, 5.74) is 6.47. The molecule has 0 amide bonds. The number of anilines is 1. The Morgan fingerprint density at radius 3 is 2.26 bits per heavy atom. The highest BCUT2D eigenvalue weighted by Crippen LogP contribution is 2.29. The zero-order valence-electron chi connectivity index (χ0n) is 18.4. The average Bonchev–Trinajstić information content (AvgIpc) is 3.23. The molecule has 2 N–H and O–H groups in total. The molecule has 4 aromatic carbocycles. The summed E-state index contributed by atoms with van der Waals surface area (Å²) in [4.78, 5) is 12.0. The van der Waals surface area contributed by atoms with Gasteiger partial charge in [-0.15, -0.1) is 0 Å². The van der Waals surface area contributed by atoms with E-state index >= 15 is 0 Å². The van der Waals surface area contributed by atoms with E-state index in [9.17, 15) is 9.90 Å². The molecule has 34 heavy (non-hydrogen) atoms. The highest BCUT2D eigenvalue weighted by Gasteiger charge is 2.17. The lowest BCUT2D eigenvalue weighted by Crippen LogP contribution is -2.09. The van der Waals surface area contributed by atoms with Gasteiger partial charge in [-0.3, -0.25) is 0 Å². The van der Waals surface area contributed by atoms with Gasteiger partial charge in [-0.05, 0) is 52.6 Å². The van der Waals surface area contributed by atoms with Crippen LogP contribution in [0.25, 0.3) is 22.0 Å². The summed E-state index contributed by atoms with van der Waals surface area (Å²) in [5.74, 6) is -0.958. The number of carboxylic acids is 1. The molecule has 0 bridgehead atoms. The van der Waals surface area contributed by atoms with Crippen LogP contribution in [0, 0.1) is 0 Å². The molecule has 5 heteroatoms. The minimum absolute atomic E-state index is 0.247. The summed E-state index contributed by atoms with van der Waals surface area (Å²) >= 11 is 6.14. The molecule has 0 aliphatic rings. The largest absolute Gasteiger partial charge is 0.477 e. The monoisotopic (exact) mass is 466 g/mol. The lowest BCUT2D eigenvalue weighted by molar-refractivity contribution is 0.0686. The van der Waals surface area contributed by atoms with Gasteiger partial charge in [-0.25, -0.2) is 4.79 Å². The van der Waals surface area contributed by atoms with Crippen LogP contribution in [-0.4, -0.2) is 15.6 Å². The number of nitrogens with one attached hydrogen (secondary N) is 1. The van der Waals surface area contributed by atoms with Gasteiger partial charge in [-0.1, -0.05) is 84.4 Å². The Balaban J connectivity index is 1.41. The molecule has 5 rings (SSSR count). The number of fused-ring (bicyclic) bond motifs is 1. The number of aromatic nitrogens is 1. The van der Waals surface area contributed by atoms with Crippen LogP contribution < -0.4 is 5.32 Å². The first kappa shape index (κ1) is 21.8. The fraction of sp³-hybridized carbons (Fsp3) is 0.0690. The highest BCUT2D eigenvalue weighted by atomic mass is 35.5. The number of hydrogen-bond donors (Lipinski definition) is 2. The third kappa shape index (κ3) is 4.54. The van der Waals surface area contributed by atoms with Gasteiger partial charge in [0.25, 0.3) is 0 Å². The van der Waals surface area contributed by atoms with Crippen molar-refractivity contribution in [2.45, 2.75) is 13.1 Å². The van der Waals surface area contributed by atoms with E-state index in [0.717, 1.165) is 27.7 Å². The Bertz CT molecular complexity index is 1460. The fourth-order valence-corrected chi connectivity index (χ4v) is 4.46. The van der Waals surface area contributed by atoms with Crippen molar-refractivity contribution in [1.29, 1.82) is 0 Å². The standard InChI is InChI=1S/C29H23ClN2O2/c30-24-9-4-6-21(16-24)19-32-27-11-5-10-26(25(27)17-28(32)29(33)34)31-18-20-12-14-23(15-13-20)22-7-2-1-3-8-22/h1-17,31H,18-19H2,(H,33,34). The van der Waals surface area contributed by atoms with Gasteiger partial charge in [0.1, 0.15) is 5.69 Å². The summed E-state index contributed by atoms with van der Waals surface area (Å²) in [6.07, 6.45) is 0. The van der Waals surface area contributed by atoms with Crippen molar-refractivity contribution in [2.75, 3.05) is 5.32 Å². The molecular weight excluding hydrogens is 444 g/mol. The van der Waals surface area contributed by atoms with E-state index in [1.54, 1.807) is 6.07 Å². The number of carboxylic acid groups (broad SMARTS) is 1. The van der Waals surface area contributed by atoms with Crippen LogP contribution in [0.3, 0.4) is 0 Å². The van der Waals surface area contributed by atoms with Gasteiger partial charge in [0.15, 0.2) is 0 Å². The van der Waals surface area contributed by atoms with Crippen molar-refractivity contribution in [3.8, 4) is 11.1 Å². The van der Waals surface area contributed by atoms with E-state index in [4.69, 9.17) is 11.6 Å². The summed E-state index contributed by atoms with van der Waals surface area (Å²) in [6.45, 7) is 1.06. The SMILES string of the molecule is O=C(O)c1cc2c(NCc3ccc(-c4ccccc4)cc3)cccc2n1Cc1cccc(Cl)c1. The maximum atomic E-state index is 12.0.